The molecule has 0 aliphatic heterocycles. The fraction of sp³-hybridized carbons (Fsp3) is 0.368. The summed E-state index contributed by atoms with van der Waals surface area (Å²) in [6.45, 7) is 6.73. The summed E-state index contributed by atoms with van der Waals surface area (Å²) in [5.41, 5.74) is 2.17. The summed E-state index contributed by atoms with van der Waals surface area (Å²) in [7, 11) is 0. The van der Waals surface area contributed by atoms with E-state index in [-0.39, 0.29) is 25.0 Å². The third kappa shape index (κ3) is 6.23. The van der Waals surface area contributed by atoms with Crippen molar-refractivity contribution in [2.45, 2.75) is 27.3 Å². The van der Waals surface area contributed by atoms with Crippen molar-refractivity contribution in [3.63, 3.8) is 0 Å². The lowest BCUT2D eigenvalue weighted by molar-refractivity contribution is -0.137. The molecular formula is C19H24N2O3S. The number of ether oxygens (including phenoxy) is 1. The van der Waals surface area contributed by atoms with Crippen LogP contribution >= 0.6 is 11.3 Å². The van der Waals surface area contributed by atoms with E-state index in [1.54, 1.807) is 11.3 Å². The summed E-state index contributed by atoms with van der Waals surface area (Å²) in [6, 6.07) is 9.74. The highest BCUT2D eigenvalue weighted by Gasteiger charge is 2.16. The predicted octanol–water partition coefficient (Wildman–Crippen LogP) is 2.91. The number of amides is 2. The second-order valence-corrected chi connectivity index (χ2v) is 6.91. The topological polar surface area (TPSA) is 58.6 Å². The summed E-state index contributed by atoms with van der Waals surface area (Å²) in [5, 5.41) is 4.80. The molecule has 1 aromatic heterocycles. The Morgan fingerprint density at radius 1 is 1.20 bits per heavy atom. The van der Waals surface area contributed by atoms with Crippen LogP contribution in [0.2, 0.25) is 0 Å². The fourth-order valence-electron chi connectivity index (χ4n) is 2.46. The molecule has 0 fully saturated rings. The highest BCUT2D eigenvalue weighted by atomic mass is 32.1. The number of aryl methyl sites for hydroxylation is 2. The molecule has 0 bridgehead atoms. The fourth-order valence-corrected chi connectivity index (χ4v) is 3.10. The third-order valence-electron chi connectivity index (χ3n) is 3.67. The van der Waals surface area contributed by atoms with Gasteiger partial charge in [0.25, 0.3) is 5.91 Å². The van der Waals surface area contributed by atoms with Gasteiger partial charge in [-0.05, 0) is 55.5 Å². The second-order valence-electron chi connectivity index (χ2n) is 5.88. The molecule has 1 aromatic carbocycles. The van der Waals surface area contributed by atoms with E-state index in [4.69, 9.17) is 4.74 Å². The van der Waals surface area contributed by atoms with Crippen LogP contribution in [0.4, 0.5) is 0 Å². The zero-order valence-electron chi connectivity index (χ0n) is 14.9. The predicted molar refractivity (Wildman–Crippen MR) is 99.8 cm³/mol. The van der Waals surface area contributed by atoms with E-state index in [2.05, 4.69) is 5.32 Å². The van der Waals surface area contributed by atoms with E-state index in [9.17, 15) is 9.59 Å². The van der Waals surface area contributed by atoms with Crippen LogP contribution < -0.4 is 10.1 Å². The van der Waals surface area contributed by atoms with Gasteiger partial charge in [0.15, 0.2) is 6.61 Å². The minimum Gasteiger partial charge on any atom is -0.484 e. The molecule has 0 aliphatic rings. The molecule has 2 aromatic rings. The van der Waals surface area contributed by atoms with Crippen molar-refractivity contribution < 1.29 is 14.3 Å². The van der Waals surface area contributed by atoms with E-state index in [0.29, 0.717) is 18.8 Å². The maximum Gasteiger partial charge on any atom is 0.260 e. The number of carbonyl (C=O) groups excluding carboxylic acids is 2. The molecular weight excluding hydrogens is 336 g/mol. The lowest BCUT2D eigenvalue weighted by atomic mass is 10.1. The van der Waals surface area contributed by atoms with Crippen LogP contribution in [-0.4, -0.2) is 36.4 Å². The number of nitrogens with one attached hydrogen (secondary N) is 1. The lowest BCUT2D eigenvalue weighted by Gasteiger charge is -2.20. The number of carbonyl (C=O) groups is 2. The summed E-state index contributed by atoms with van der Waals surface area (Å²) in [6.07, 6.45) is 0. The van der Waals surface area contributed by atoms with Crippen molar-refractivity contribution in [1.29, 1.82) is 0 Å². The molecule has 2 rings (SSSR count). The minimum absolute atomic E-state index is 0.0386. The number of thiophene rings is 1. The molecule has 1 N–H and O–H groups in total. The maximum atomic E-state index is 12.3. The molecule has 6 heteroatoms. The quantitative estimate of drug-likeness (QED) is 0.787. The molecule has 0 spiro atoms. The summed E-state index contributed by atoms with van der Waals surface area (Å²) < 4.78 is 5.59. The van der Waals surface area contributed by atoms with Crippen molar-refractivity contribution >= 4 is 23.2 Å². The summed E-state index contributed by atoms with van der Waals surface area (Å²) >= 11 is 1.59. The van der Waals surface area contributed by atoms with Gasteiger partial charge in [-0.15, -0.1) is 11.3 Å². The Hall–Kier alpha value is -2.34. The highest BCUT2D eigenvalue weighted by molar-refractivity contribution is 7.09. The Morgan fingerprint density at radius 2 is 1.92 bits per heavy atom. The Labute approximate surface area is 152 Å². The molecule has 0 radical (unpaired) electrons. The number of benzene rings is 1. The zero-order chi connectivity index (χ0) is 18.2. The Kier molecular flexibility index (Phi) is 7.01. The first-order valence-corrected chi connectivity index (χ1v) is 9.14. The van der Waals surface area contributed by atoms with Gasteiger partial charge in [-0.3, -0.25) is 9.59 Å². The van der Waals surface area contributed by atoms with Crippen LogP contribution in [0, 0.1) is 13.8 Å². The Bertz CT molecular complexity index is 693. The van der Waals surface area contributed by atoms with Gasteiger partial charge in [-0.1, -0.05) is 12.1 Å². The van der Waals surface area contributed by atoms with Crippen molar-refractivity contribution in [3.8, 4) is 5.75 Å². The van der Waals surface area contributed by atoms with Crippen LogP contribution in [0.25, 0.3) is 0 Å². The maximum absolute atomic E-state index is 12.3. The van der Waals surface area contributed by atoms with E-state index in [1.165, 1.54) is 4.90 Å². The second kappa shape index (κ2) is 9.22. The molecule has 25 heavy (non-hydrogen) atoms. The van der Waals surface area contributed by atoms with Crippen LogP contribution in [0.1, 0.15) is 22.9 Å². The number of hydrogen-bond donors (Lipinski definition) is 1. The molecule has 0 saturated carbocycles. The number of nitrogens with zero attached hydrogens (tertiary/aromatic N) is 1. The van der Waals surface area contributed by atoms with Gasteiger partial charge in [-0.25, -0.2) is 0 Å². The highest BCUT2D eigenvalue weighted by Crippen LogP contribution is 2.16. The summed E-state index contributed by atoms with van der Waals surface area (Å²) in [4.78, 5) is 26.9. The molecule has 0 atom stereocenters. The molecule has 1 heterocycles. The van der Waals surface area contributed by atoms with Crippen LogP contribution in [-0.2, 0) is 16.1 Å². The number of rotatable bonds is 8. The lowest BCUT2D eigenvalue weighted by Crippen LogP contribution is -2.42. The van der Waals surface area contributed by atoms with E-state index in [1.807, 2.05) is 56.5 Å². The molecule has 0 aliphatic carbocycles. The molecule has 2 amide bonds. The normalized spacial score (nSPS) is 10.4. The third-order valence-corrected chi connectivity index (χ3v) is 4.54. The first kappa shape index (κ1) is 19.0. The van der Waals surface area contributed by atoms with Gasteiger partial charge in [-0.2, -0.15) is 0 Å². The largest absolute Gasteiger partial charge is 0.484 e. The molecule has 0 saturated heterocycles. The van der Waals surface area contributed by atoms with Crippen molar-refractivity contribution in [3.05, 3.63) is 51.7 Å². The van der Waals surface area contributed by atoms with Crippen LogP contribution in [0.3, 0.4) is 0 Å². The Balaban J connectivity index is 1.82. The first-order valence-electron chi connectivity index (χ1n) is 8.26. The first-order chi connectivity index (χ1) is 12.0. The van der Waals surface area contributed by atoms with Gasteiger partial charge < -0.3 is 15.0 Å². The Morgan fingerprint density at radius 3 is 2.52 bits per heavy atom. The molecule has 134 valence electrons. The number of likely N-dealkylation sites (N-methyl/N-ethyl adjacent to an activating group) is 1. The van der Waals surface area contributed by atoms with Gasteiger partial charge in [0, 0.05) is 11.4 Å². The van der Waals surface area contributed by atoms with Crippen molar-refractivity contribution in [2.75, 3.05) is 19.7 Å². The SMILES string of the molecule is CCN(CC(=O)NCc1cccs1)C(=O)COc1cc(C)cc(C)c1. The van der Waals surface area contributed by atoms with Crippen LogP contribution in [0.5, 0.6) is 5.75 Å². The standard InChI is InChI=1S/C19H24N2O3S/c1-4-21(12-18(22)20-11-17-6-5-7-25-17)19(23)13-24-16-9-14(2)8-15(3)10-16/h5-10H,4,11-13H2,1-3H3,(H,20,22). The minimum atomic E-state index is -0.201. The zero-order valence-corrected chi connectivity index (χ0v) is 15.7. The summed E-state index contributed by atoms with van der Waals surface area (Å²) in [5.74, 6) is 0.298. The van der Waals surface area contributed by atoms with Gasteiger partial charge in [0.1, 0.15) is 5.75 Å². The van der Waals surface area contributed by atoms with E-state index < -0.39 is 0 Å². The monoisotopic (exact) mass is 360 g/mol. The van der Waals surface area contributed by atoms with Gasteiger partial charge >= 0.3 is 0 Å². The average molecular weight is 360 g/mol. The van der Waals surface area contributed by atoms with E-state index in [0.717, 1.165) is 16.0 Å². The van der Waals surface area contributed by atoms with Gasteiger partial charge in [0.2, 0.25) is 5.91 Å². The molecule has 0 unspecified atom stereocenters. The average Bonchev–Trinajstić information content (AvgIpc) is 3.08. The van der Waals surface area contributed by atoms with Crippen LogP contribution in [0.15, 0.2) is 35.7 Å². The smallest absolute Gasteiger partial charge is 0.260 e. The molecule has 5 nitrogen and oxygen atoms in total. The van der Waals surface area contributed by atoms with E-state index >= 15 is 0 Å². The van der Waals surface area contributed by atoms with Crippen molar-refractivity contribution in [1.82, 2.24) is 10.2 Å². The van der Waals surface area contributed by atoms with Crippen molar-refractivity contribution in [2.24, 2.45) is 0 Å². The van der Waals surface area contributed by atoms with Gasteiger partial charge in [0.05, 0.1) is 13.1 Å². The number of hydrogen-bond acceptors (Lipinski definition) is 4.